The normalized spacial score (nSPS) is 10.5. The van der Waals surface area contributed by atoms with Crippen molar-refractivity contribution in [3.05, 3.63) is 40.2 Å². The fourth-order valence-electron chi connectivity index (χ4n) is 1.40. The third kappa shape index (κ3) is 2.57. The molecule has 90 valence electrons. The van der Waals surface area contributed by atoms with Crippen LogP contribution in [-0.4, -0.2) is 10.3 Å². The lowest BCUT2D eigenvalue weighted by molar-refractivity contribution is 0.268. The number of aromatic nitrogens is 2. The smallest absolute Gasteiger partial charge is 0.145 e. The van der Waals surface area contributed by atoms with E-state index in [1.807, 2.05) is 12.1 Å². The molecule has 0 saturated carbocycles. The molecule has 0 spiro atoms. The van der Waals surface area contributed by atoms with Gasteiger partial charge < -0.3 is 10.5 Å². The number of aryl methyl sites for hydroxylation is 1. The molecule has 2 rings (SSSR count). The quantitative estimate of drug-likeness (QED) is 0.903. The molecule has 0 amide bonds. The monoisotopic (exact) mass is 253 g/mol. The molecule has 0 aliphatic carbocycles. The average Bonchev–Trinajstić information content (AvgIpc) is 2.72. The third-order valence-corrected chi connectivity index (χ3v) is 2.74. The minimum absolute atomic E-state index is 0.280. The lowest BCUT2D eigenvalue weighted by atomic mass is 10.2. The molecule has 2 N–H and O–H groups in total. The molecular weight excluding hydrogens is 242 g/mol. The first-order chi connectivity index (χ1) is 8.22. The third-order valence-electron chi connectivity index (χ3n) is 2.39. The molecule has 2 aromatic rings. The number of rotatable bonds is 4. The van der Waals surface area contributed by atoms with Crippen molar-refractivity contribution in [2.75, 3.05) is 0 Å². The van der Waals surface area contributed by atoms with Gasteiger partial charge in [0, 0.05) is 17.1 Å². The number of ether oxygens (including phenoxy) is 1. The van der Waals surface area contributed by atoms with Crippen LogP contribution in [0.1, 0.15) is 17.0 Å². The van der Waals surface area contributed by atoms with Crippen molar-refractivity contribution in [1.82, 2.24) is 10.3 Å². The van der Waals surface area contributed by atoms with Crippen molar-refractivity contribution in [1.29, 1.82) is 0 Å². The zero-order valence-electron chi connectivity index (χ0n) is 9.31. The molecule has 5 nitrogen and oxygen atoms in total. The largest absolute Gasteiger partial charge is 0.487 e. The summed E-state index contributed by atoms with van der Waals surface area (Å²) >= 11 is 6.01. The van der Waals surface area contributed by atoms with Crippen molar-refractivity contribution in [3.63, 3.8) is 0 Å². The van der Waals surface area contributed by atoms with E-state index in [1.165, 1.54) is 0 Å². The van der Waals surface area contributed by atoms with E-state index in [2.05, 4.69) is 14.9 Å². The highest BCUT2D eigenvalue weighted by atomic mass is 35.5. The second-order valence-electron chi connectivity index (χ2n) is 3.51. The molecule has 1 heterocycles. The Morgan fingerprint density at radius 2 is 2.24 bits per heavy atom. The van der Waals surface area contributed by atoms with E-state index in [4.69, 9.17) is 22.1 Å². The van der Waals surface area contributed by atoms with Crippen LogP contribution in [-0.2, 0) is 13.2 Å². The Bertz CT molecular complexity index is 513. The molecule has 1 aromatic carbocycles. The van der Waals surface area contributed by atoms with Crippen molar-refractivity contribution >= 4 is 11.6 Å². The predicted molar refractivity (Wildman–Crippen MR) is 62.7 cm³/mol. The summed E-state index contributed by atoms with van der Waals surface area (Å²) in [5, 5.41) is 8.00. The minimum atomic E-state index is 0.280. The maximum absolute atomic E-state index is 6.01. The number of nitrogens with two attached hydrogens (primary N) is 1. The van der Waals surface area contributed by atoms with Gasteiger partial charge in [0.2, 0.25) is 0 Å². The maximum atomic E-state index is 6.01. The second kappa shape index (κ2) is 5.16. The van der Waals surface area contributed by atoms with E-state index >= 15 is 0 Å². The van der Waals surface area contributed by atoms with Crippen LogP contribution in [0, 0.1) is 6.92 Å². The van der Waals surface area contributed by atoms with Crippen molar-refractivity contribution in [2.24, 2.45) is 5.73 Å². The van der Waals surface area contributed by atoms with E-state index < -0.39 is 0 Å². The Hall–Kier alpha value is -1.59. The Morgan fingerprint density at radius 1 is 1.41 bits per heavy atom. The molecule has 0 saturated heterocycles. The van der Waals surface area contributed by atoms with Crippen LogP contribution in [0.2, 0.25) is 5.02 Å². The molecule has 0 fully saturated rings. The summed E-state index contributed by atoms with van der Waals surface area (Å²) in [6.07, 6.45) is 0. The standard InChI is InChI=1S/C11H12ClN3O2/c1-7-10(15-17-14-7)6-16-11-4-2-3-9(12)8(11)5-13/h2-4H,5-6,13H2,1H3. The predicted octanol–water partition coefficient (Wildman–Crippen LogP) is 2.07. The Kier molecular flexibility index (Phi) is 3.61. The molecule has 0 atom stereocenters. The summed E-state index contributed by atoms with van der Waals surface area (Å²) < 4.78 is 10.2. The topological polar surface area (TPSA) is 74.2 Å². The summed E-state index contributed by atoms with van der Waals surface area (Å²) in [5.41, 5.74) is 7.77. The van der Waals surface area contributed by atoms with E-state index in [9.17, 15) is 0 Å². The van der Waals surface area contributed by atoms with Crippen LogP contribution < -0.4 is 10.5 Å². The number of halogens is 1. The van der Waals surface area contributed by atoms with Crippen LogP contribution in [0.4, 0.5) is 0 Å². The zero-order valence-corrected chi connectivity index (χ0v) is 10.1. The average molecular weight is 254 g/mol. The van der Waals surface area contributed by atoms with Crippen LogP contribution in [0.3, 0.4) is 0 Å². The maximum Gasteiger partial charge on any atom is 0.145 e. The SMILES string of the molecule is Cc1nonc1COc1cccc(Cl)c1CN. The lowest BCUT2D eigenvalue weighted by Crippen LogP contribution is -2.04. The van der Waals surface area contributed by atoms with Crippen LogP contribution in [0.5, 0.6) is 5.75 Å². The first-order valence-electron chi connectivity index (χ1n) is 5.10. The first-order valence-corrected chi connectivity index (χ1v) is 5.48. The highest BCUT2D eigenvalue weighted by Crippen LogP contribution is 2.26. The molecule has 0 aliphatic heterocycles. The van der Waals surface area contributed by atoms with Gasteiger partial charge in [0.15, 0.2) is 0 Å². The summed E-state index contributed by atoms with van der Waals surface area (Å²) in [7, 11) is 0. The molecule has 0 bridgehead atoms. The van der Waals surface area contributed by atoms with Crippen molar-refractivity contribution in [3.8, 4) is 5.75 Å². The fourth-order valence-corrected chi connectivity index (χ4v) is 1.64. The first kappa shape index (κ1) is 11.9. The number of nitrogens with zero attached hydrogens (tertiary/aromatic N) is 2. The van der Waals surface area contributed by atoms with Gasteiger partial charge in [-0.3, -0.25) is 0 Å². The Balaban J connectivity index is 2.14. The number of benzene rings is 1. The van der Waals surface area contributed by atoms with Crippen LogP contribution >= 0.6 is 11.6 Å². The van der Waals surface area contributed by atoms with Gasteiger partial charge in [-0.2, -0.15) is 0 Å². The van der Waals surface area contributed by atoms with Gasteiger partial charge in [-0.1, -0.05) is 28.0 Å². The van der Waals surface area contributed by atoms with Crippen molar-refractivity contribution < 1.29 is 9.37 Å². The van der Waals surface area contributed by atoms with Gasteiger partial charge in [0.25, 0.3) is 0 Å². The van der Waals surface area contributed by atoms with E-state index in [1.54, 1.807) is 13.0 Å². The van der Waals surface area contributed by atoms with Crippen LogP contribution in [0.25, 0.3) is 0 Å². The Labute approximate surface area is 103 Å². The van der Waals surface area contributed by atoms with Gasteiger partial charge in [-0.15, -0.1) is 0 Å². The minimum Gasteiger partial charge on any atom is -0.487 e. The van der Waals surface area contributed by atoms with Gasteiger partial charge in [-0.05, 0) is 19.1 Å². The molecule has 0 aliphatic rings. The number of hydrogen-bond acceptors (Lipinski definition) is 5. The second-order valence-corrected chi connectivity index (χ2v) is 3.91. The van der Waals surface area contributed by atoms with Gasteiger partial charge >= 0.3 is 0 Å². The van der Waals surface area contributed by atoms with E-state index in [-0.39, 0.29) is 6.61 Å². The Morgan fingerprint density at radius 3 is 2.88 bits per heavy atom. The lowest BCUT2D eigenvalue weighted by Gasteiger charge is -2.10. The molecular formula is C11H12ClN3O2. The number of hydrogen-bond donors (Lipinski definition) is 1. The molecule has 17 heavy (non-hydrogen) atoms. The van der Waals surface area contributed by atoms with Crippen LogP contribution in [0.15, 0.2) is 22.8 Å². The molecule has 1 aromatic heterocycles. The van der Waals surface area contributed by atoms with Gasteiger partial charge in [0.1, 0.15) is 23.7 Å². The van der Waals surface area contributed by atoms with E-state index in [0.717, 1.165) is 5.56 Å². The molecule has 0 radical (unpaired) electrons. The highest BCUT2D eigenvalue weighted by Gasteiger charge is 2.09. The molecule has 0 unspecified atom stereocenters. The summed E-state index contributed by atoms with van der Waals surface area (Å²) in [4.78, 5) is 0. The van der Waals surface area contributed by atoms with Gasteiger partial charge in [-0.25, -0.2) is 4.63 Å². The summed E-state index contributed by atoms with van der Waals surface area (Å²) in [6, 6.07) is 5.40. The fraction of sp³-hybridized carbons (Fsp3) is 0.273. The van der Waals surface area contributed by atoms with Gasteiger partial charge in [0.05, 0.1) is 0 Å². The van der Waals surface area contributed by atoms with E-state index in [0.29, 0.717) is 28.7 Å². The summed E-state index contributed by atoms with van der Waals surface area (Å²) in [6.45, 7) is 2.41. The molecule has 6 heteroatoms. The zero-order chi connectivity index (χ0) is 12.3. The summed E-state index contributed by atoms with van der Waals surface area (Å²) in [5.74, 6) is 0.655. The van der Waals surface area contributed by atoms with Crippen molar-refractivity contribution in [2.45, 2.75) is 20.1 Å². The highest BCUT2D eigenvalue weighted by molar-refractivity contribution is 6.31.